The summed E-state index contributed by atoms with van der Waals surface area (Å²) in [5.74, 6) is 2.99. The predicted octanol–water partition coefficient (Wildman–Crippen LogP) is 7.99. The van der Waals surface area contributed by atoms with Gasteiger partial charge in [-0.05, 0) is 93.8 Å². The zero-order chi connectivity index (χ0) is 17.0. The molecule has 0 heteroatoms. The molecule has 0 radical (unpaired) electrons. The number of hydrogen-bond acceptors (Lipinski definition) is 0. The van der Waals surface area contributed by atoms with Gasteiger partial charge in [0.1, 0.15) is 0 Å². The molecule has 4 aliphatic carbocycles. The van der Waals surface area contributed by atoms with E-state index in [9.17, 15) is 0 Å². The SMILES string of the molecule is C1=CCC(C2CCCCCC2(C2=CCCCC2)C2CCCCC2)CC1. The zero-order valence-electron chi connectivity index (χ0n) is 16.5. The first-order chi connectivity index (χ1) is 12.4. The van der Waals surface area contributed by atoms with Crippen molar-refractivity contribution in [3.05, 3.63) is 23.8 Å². The Morgan fingerprint density at radius 2 is 1.56 bits per heavy atom. The van der Waals surface area contributed by atoms with Crippen molar-refractivity contribution in [3.8, 4) is 0 Å². The Morgan fingerprint density at radius 3 is 2.32 bits per heavy atom. The minimum absolute atomic E-state index is 0.604. The minimum Gasteiger partial charge on any atom is -0.0885 e. The summed E-state index contributed by atoms with van der Waals surface area (Å²) in [7, 11) is 0. The van der Waals surface area contributed by atoms with Crippen LogP contribution in [-0.2, 0) is 0 Å². The normalized spacial score (nSPS) is 38.2. The molecular formula is C25H40. The van der Waals surface area contributed by atoms with E-state index in [-0.39, 0.29) is 0 Å². The predicted molar refractivity (Wildman–Crippen MR) is 109 cm³/mol. The Morgan fingerprint density at radius 1 is 0.720 bits per heavy atom. The van der Waals surface area contributed by atoms with Crippen molar-refractivity contribution in [3.63, 3.8) is 0 Å². The summed E-state index contributed by atoms with van der Waals surface area (Å²) in [5, 5.41) is 0. The summed E-state index contributed by atoms with van der Waals surface area (Å²) >= 11 is 0. The van der Waals surface area contributed by atoms with E-state index in [0.717, 1.165) is 17.8 Å². The van der Waals surface area contributed by atoms with Crippen LogP contribution < -0.4 is 0 Å². The lowest BCUT2D eigenvalue weighted by Gasteiger charge is -2.53. The molecule has 25 heavy (non-hydrogen) atoms. The lowest BCUT2D eigenvalue weighted by Crippen LogP contribution is -2.44. The second kappa shape index (κ2) is 8.45. The van der Waals surface area contributed by atoms with Crippen LogP contribution in [0.25, 0.3) is 0 Å². The Labute approximate surface area is 156 Å². The van der Waals surface area contributed by atoms with Gasteiger partial charge in [-0.2, -0.15) is 0 Å². The van der Waals surface area contributed by atoms with Crippen molar-refractivity contribution in [2.75, 3.05) is 0 Å². The molecule has 0 amide bonds. The van der Waals surface area contributed by atoms with Crippen LogP contribution in [-0.4, -0.2) is 0 Å². The third-order valence-electron chi connectivity index (χ3n) is 8.37. The van der Waals surface area contributed by atoms with Crippen molar-refractivity contribution in [2.45, 2.75) is 109 Å². The van der Waals surface area contributed by atoms with E-state index in [2.05, 4.69) is 18.2 Å². The van der Waals surface area contributed by atoms with E-state index < -0.39 is 0 Å². The lowest BCUT2D eigenvalue weighted by molar-refractivity contribution is 0.0293. The topological polar surface area (TPSA) is 0 Å². The minimum atomic E-state index is 0.604. The number of rotatable bonds is 3. The maximum absolute atomic E-state index is 2.76. The largest absolute Gasteiger partial charge is 0.0885 e. The summed E-state index contributed by atoms with van der Waals surface area (Å²) in [4.78, 5) is 0. The van der Waals surface area contributed by atoms with Crippen molar-refractivity contribution < 1.29 is 0 Å². The highest BCUT2D eigenvalue weighted by Crippen LogP contribution is 2.59. The van der Waals surface area contributed by atoms with Crippen LogP contribution >= 0.6 is 0 Å². The van der Waals surface area contributed by atoms with Crippen LogP contribution in [0.4, 0.5) is 0 Å². The average Bonchev–Trinajstić information content (AvgIpc) is 2.94. The molecular weight excluding hydrogens is 300 g/mol. The lowest BCUT2D eigenvalue weighted by atomic mass is 9.52. The van der Waals surface area contributed by atoms with Crippen LogP contribution in [0.2, 0.25) is 0 Å². The quantitative estimate of drug-likeness (QED) is 0.361. The first-order valence-electron chi connectivity index (χ1n) is 11.8. The van der Waals surface area contributed by atoms with Crippen molar-refractivity contribution in [1.29, 1.82) is 0 Å². The van der Waals surface area contributed by atoms with Gasteiger partial charge in [-0.3, -0.25) is 0 Å². The Kier molecular flexibility index (Phi) is 6.04. The van der Waals surface area contributed by atoms with Gasteiger partial charge in [0.25, 0.3) is 0 Å². The molecule has 0 bridgehead atoms. The van der Waals surface area contributed by atoms with Gasteiger partial charge in [0, 0.05) is 0 Å². The van der Waals surface area contributed by atoms with Crippen molar-refractivity contribution in [1.82, 2.24) is 0 Å². The van der Waals surface area contributed by atoms with Gasteiger partial charge in [0.2, 0.25) is 0 Å². The van der Waals surface area contributed by atoms with Crippen LogP contribution in [0.5, 0.6) is 0 Å². The molecule has 4 rings (SSSR count). The second-order valence-electron chi connectivity index (χ2n) is 9.60. The Balaban J connectivity index is 1.73. The highest BCUT2D eigenvalue weighted by Gasteiger charge is 2.50. The Hall–Kier alpha value is -0.520. The highest BCUT2D eigenvalue weighted by molar-refractivity contribution is 5.22. The summed E-state index contributed by atoms with van der Waals surface area (Å²) in [6, 6.07) is 0. The first-order valence-corrected chi connectivity index (χ1v) is 11.8. The molecule has 2 fully saturated rings. The molecule has 0 aromatic heterocycles. The summed E-state index contributed by atoms with van der Waals surface area (Å²) < 4.78 is 0. The number of hydrogen-bond donors (Lipinski definition) is 0. The van der Waals surface area contributed by atoms with E-state index in [1.165, 1.54) is 109 Å². The van der Waals surface area contributed by atoms with Gasteiger partial charge in [-0.1, -0.05) is 62.3 Å². The third-order valence-corrected chi connectivity index (χ3v) is 8.37. The van der Waals surface area contributed by atoms with Gasteiger partial charge in [-0.15, -0.1) is 0 Å². The van der Waals surface area contributed by atoms with Gasteiger partial charge in [0.05, 0.1) is 0 Å². The maximum atomic E-state index is 2.76. The summed E-state index contributed by atoms with van der Waals surface area (Å²) in [5.41, 5.74) is 2.57. The van der Waals surface area contributed by atoms with Gasteiger partial charge in [-0.25, -0.2) is 0 Å². The van der Waals surface area contributed by atoms with E-state index in [0.29, 0.717) is 5.41 Å². The van der Waals surface area contributed by atoms with Crippen LogP contribution in [0, 0.1) is 23.2 Å². The fraction of sp³-hybridized carbons (Fsp3) is 0.840. The van der Waals surface area contributed by atoms with E-state index >= 15 is 0 Å². The monoisotopic (exact) mass is 340 g/mol. The van der Waals surface area contributed by atoms with Gasteiger partial charge >= 0.3 is 0 Å². The average molecular weight is 341 g/mol. The molecule has 0 N–H and O–H groups in total. The summed E-state index contributed by atoms with van der Waals surface area (Å²) in [6.45, 7) is 0. The first kappa shape index (κ1) is 17.9. The fourth-order valence-electron chi connectivity index (χ4n) is 7.29. The molecule has 2 saturated carbocycles. The third kappa shape index (κ3) is 3.65. The standard InChI is InChI=1S/C25H40/c1-5-13-21(14-6-1)24-19-11-4-12-20-25(24,22-15-7-2-8-16-22)23-17-9-3-10-18-23/h1,5,15,21,23-24H,2-4,6-14,16-20H2. The molecule has 0 nitrogen and oxygen atoms in total. The van der Waals surface area contributed by atoms with Crippen LogP contribution in [0.15, 0.2) is 23.8 Å². The van der Waals surface area contributed by atoms with E-state index in [4.69, 9.17) is 0 Å². The molecule has 0 aromatic rings. The van der Waals surface area contributed by atoms with E-state index in [1.54, 1.807) is 0 Å². The van der Waals surface area contributed by atoms with Crippen LogP contribution in [0.3, 0.4) is 0 Å². The second-order valence-corrected chi connectivity index (χ2v) is 9.60. The van der Waals surface area contributed by atoms with Crippen molar-refractivity contribution >= 4 is 0 Å². The molecule has 0 aromatic carbocycles. The van der Waals surface area contributed by atoms with Gasteiger partial charge in [0.15, 0.2) is 0 Å². The molecule has 0 aliphatic heterocycles. The zero-order valence-corrected chi connectivity index (χ0v) is 16.5. The maximum Gasteiger partial charge on any atom is -0.00289 e. The molecule has 0 heterocycles. The summed E-state index contributed by atoms with van der Waals surface area (Å²) in [6.07, 6.45) is 32.9. The number of allylic oxidation sites excluding steroid dienone is 4. The molecule has 0 spiro atoms. The van der Waals surface area contributed by atoms with Crippen LogP contribution in [0.1, 0.15) is 109 Å². The van der Waals surface area contributed by atoms with Gasteiger partial charge < -0.3 is 0 Å². The molecule has 3 atom stereocenters. The molecule has 4 aliphatic rings. The molecule has 0 saturated heterocycles. The highest BCUT2D eigenvalue weighted by atomic mass is 14.5. The van der Waals surface area contributed by atoms with E-state index in [1.807, 2.05) is 5.57 Å². The smallest absolute Gasteiger partial charge is 0.00289 e. The molecule has 3 unspecified atom stereocenters. The fourth-order valence-corrected chi connectivity index (χ4v) is 7.29. The molecule has 140 valence electrons. The van der Waals surface area contributed by atoms with Crippen molar-refractivity contribution in [2.24, 2.45) is 23.2 Å². The Bertz CT molecular complexity index is 478.